The first-order valence-corrected chi connectivity index (χ1v) is 21.6. The summed E-state index contributed by atoms with van der Waals surface area (Å²) in [4.78, 5) is 4.82. The van der Waals surface area contributed by atoms with E-state index in [9.17, 15) is 0 Å². The van der Waals surface area contributed by atoms with Gasteiger partial charge in [-0.05, 0) is 41.9 Å². The molecule has 0 spiro atoms. The maximum absolute atomic E-state index is 6.70. The van der Waals surface area contributed by atoms with E-state index in [-0.39, 0.29) is 5.41 Å². The molecule has 10 aromatic rings. The zero-order valence-electron chi connectivity index (χ0n) is 33.3. The minimum atomic E-state index is 0.115. The van der Waals surface area contributed by atoms with Crippen LogP contribution < -0.4 is 4.74 Å². The Balaban J connectivity index is 1.05. The monoisotopic (exact) mass is 955 g/mol. The van der Waals surface area contributed by atoms with E-state index in [1.807, 2.05) is 36.5 Å². The molecule has 0 unspecified atom stereocenters. The predicted octanol–water partition coefficient (Wildman–Crippen LogP) is 13.3. The van der Waals surface area contributed by atoms with E-state index in [4.69, 9.17) is 9.72 Å². The number of hydrogen-bond acceptors (Lipinski definition) is 2. The van der Waals surface area contributed by atoms with E-state index in [2.05, 4.69) is 192 Å². The van der Waals surface area contributed by atoms with Crippen molar-refractivity contribution in [3.05, 3.63) is 197 Å². The van der Waals surface area contributed by atoms with Gasteiger partial charge in [-0.3, -0.25) is 0 Å². The van der Waals surface area contributed by atoms with Crippen LogP contribution in [-0.2, 0) is 31.2 Å². The van der Waals surface area contributed by atoms with Crippen molar-refractivity contribution in [2.24, 2.45) is 0 Å². The van der Waals surface area contributed by atoms with Gasteiger partial charge in [-0.15, -0.1) is 0 Å². The van der Waals surface area contributed by atoms with E-state index >= 15 is 0 Å². The average Bonchev–Trinajstić information content (AvgIpc) is 3.76. The van der Waals surface area contributed by atoms with Crippen molar-refractivity contribution in [2.45, 2.75) is 38.5 Å². The molecule has 0 fully saturated rings. The molecule has 0 bridgehead atoms. The van der Waals surface area contributed by atoms with Gasteiger partial charge >= 0.3 is 294 Å². The van der Waals surface area contributed by atoms with Crippen LogP contribution in [0.25, 0.3) is 72.3 Å². The second kappa shape index (κ2) is 14.6. The van der Waals surface area contributed by atoms with Gasteiger partial charge in [0.15, 0.2) is 0 Å². The molecule has 0 saturated carbocycles. The molecule has 1 aliphatic carbocycles. The van der Waals surface area contributed by atoms with E-state index in [0.717, 1.165) is 77.1 Å². The molecule has 6 heteroatoms. The molecule has 294 valence electrons. The summed E-state index contributed by atoms with van der Waals surface area (Å²) in [6.07, 6.45) is 5.35. The summed E-state index contributed by atoms with van der Waals surface area (Å²) in [6.45, 7) is 4.74. The van der Waals surface area contributed by atoms with Crippen molar-refractivity contribution in [1.82, 2.24) is 18.7 Å². The van der Waals surface area contributed by atoms with E-state index < -0.39 is 0 Å². The fourth-order valence-electron chi connectivity index (χ4n) is 9.27. The van der Waals surface area contributed by atoms with Crippen LogP contribution in [-0.4, -0.2) is 18.7 Å². The Hall–Kier alpha value is -6.55. The Labute approximate surface area is 360 Å². The minimum Gasteiger partial charge on any atom is -0.0371 e. The molecule has 11 rings (SSSR count). The molecule has 0 aliphatic heterocycles. The van der Waals surface area contributed by atoms with Gasteiger partial charge in [-0.2, -0.15) is 0 Å². The van der Waals surface area contributed by atoms with E-state index in [1.54, 1.807) is 0 Å². The third kappa shape index (κ3) is 6.11. The summed E-state index contributed by atoms with van der Waals surface area (Å²) in [5, 5.41) is 2.35. The molecular weight excluding hydrogens is 916 g/mol. The molecule has 0 N–H and O–H groups in total. The number of aryl methyl sites for hydroxylation is 1. The fourth-order valence-corrected chi connectivity index (χ4v) is 10.3. The van der Waals surface area contributed by atoms with Crippen molar-refractivity contribution >= 4 is 32.8 Å². The van der Waals surface area contributed by atoms with Crippen LogP contribution in [0.3, 0.4) is 0 Å². The molecule has 0 radical (unpaired) electrons. The Morgan fingerprint density at radius 2 is 1.27 bits per heavy atom. The van der Waals surface area contributed by atoms with Crippen LogP contribution in [0.5, 0.6) is 11.5 Å². The van der Waals surface area contributed by atoms with Gasteiger partial charge in [0, 0.05) is 6.20 Å². The predicted molar refractivity (Wildman–Crippen MR) is 239 cm³/mol. The van der Waals surface area contributed by atoms with Crippen LogP contribution in [0.1, 0.15) is 37.8 Å². The van der Waals surface area contributed by atoms with Gasteiger partial charge in [0.05, 0.1) is 0 Å². The number of benzene rings is 7. The van der Waals surface area contributed by atoms with E-state index in [1.165, 1.54) is 29.4 Å². The number of pyridine rings is 1. The number of imidazole rings is 1. The molecule has 0 amide bonds. The van der Waals surface area contributed by atoms with Gasteiger partial charge < -0.3 is 0 Å². The smallest absolute Gasteiger partial charge is 0.0371 e. The summed E-state index contributed by atoms with van der Waals surface area (Å²) in [6, 6.07) is 65.1. The number of nitrogens with zero attached hydrogens (tertiary/aromatic N) is 4. The molecule has 60 heavy (non-hydrogen) atoms. The van der Waals surface area contributed by atoms with Crippen molar-refractivity contribution in [2.75, 3.05) is 0 Å². The van der Waals surface area contributed by atoms with Gasteiger partial charge in [0.2, 0.25) is 0 Å². The first kappa shape index (κ1) is 36.5. The number of fused-ring (bicyclic) bond motifs is 5. The van der Waals surface area contributed by atoms with Crippen LogP contribution in [0, 0.1) is 15.9 Å². The number of ether oxygens (including phenoxy) is 1. The third-order valence-corrected chi connectivity index (χ3v) is 13.1. The zero-order chi connectivity index (χ0) is 40.4. The molecular formula is C54H40N4OPt-2. The Morgan fingerprint density at radius 1 is 0.600 bits per heavy atom. The maximum atomic E-state index is 6.70. The second-order valence-electron chi connectivity index (χ2n) is 16.2. The molecule has 3 aromatic heterocycles. The van der Waals surface area contributed by atoms with Crippen LogP contribution in [0.15, 0.2) is 170 Å². The summed E-state index contributed by atoms with van der Waals surface area (Å²) >= 11 is 2.48. The molecule has 0 atom stereocenters. The van der Waals surface area contributed by atoms with Gasteiger partial charge in [0.25, 0.3) is 0 Å². The second-order valence-corrected chi connectivity index (χ2v) is 17.2. The van der Waals surface area contributed by atoms with Gasteiger partial charge in [-0.25, -0.2) is 0 Å². The standard InChI is InChI=1S/C54H40N4O.Pt/c1-54(2)30-15-20-39-32-46-45-29-28-42(34-50(45)58(51(46)35-47(39)54)52-27-11-12-31-55-52)59-41-22-13-21-40(33-41)56-36-57(49-26-10-9-25-48(49)56)53-43(37-16-5-3-6-17-37)23-14-24-44(53)38-18-7-4-8-19-38;/h3-14,16-19,21-29,31-32,35H,15,20,30H2,1-2H3;/q-2;. The average molecular weight is 956 g/mol. The zero-order valence-corrected chi connectivity index (χ0v) is 35.6. The van der Waals surface area contributed by atoms with Crippen molar-refractivity contribution in [1.29, 1.82) is 0 Å². The third-order valence-electron chi connectivity index (χ3n) is 12.1. The number of hydrogen-bond donors (Lipinski definition) is 0. The number of para-hydroxylation sites is 3. The van der Waals surface area contributed by atoms with Crippen molar-refractivity contribution in [3.63, 3.8) is 0 Å². The van der Waals surface area contributed by atoms with Crippen molar-refractivity contribution < 1.29 is 24.1 Å². The minimum absolute atomic E-state index is 0.115. The van der Waals surface area contributed by atoms with Crippen molar-refractivity contribution in [3.8, 4) is 50.9 Å². The Kier molecular flexibility index (Phi) is 8.90. The molecule has 1 aliphatic rings. The molecule has 7 aromatic carbocycles. The Morgan fingerprint density at radius 3 is 1.98 bits per heavy atom. The Bertz CT molecular complexity index is 3250. The first-order chi connectivity index (χ1) is 29.4. The van der Waals surface area contributed by atoms with Gasteiger partial charge in [-0.1, -0.05) is 19.9 Å². The quantitative estimate of drug-likeness (QED) is 0.149. The first-order valence-electron chi connectivity index (χ1n) is 20.5. The summed E-state index contributed by atoms with van der Waals surface area (Å²) in [5.41, 5.74) is 13.9. The summed E-state index contributed by atoms with van der Waals surface area (Å²) in [5.74, 6) is 2.09. The molecule has 0 saturated heterocycles. The number of aromatic nitrogens is 4. The summed E-state index contributed by atoms with van der Waals surface area (Å²) < 4.78 is 14.6. The van der Waals surface area contributed by atoms with Gasteiger partial charge in [0.1, 0.15) is 0 Å². The molecule has 3 heterocycles. The topological polar surface area (TPSA) is 36.9 Å². The number of rotatable bonds is 7. The fraction of sp³-hybridized carbons (Fsp3) is 0.111. The normalized spacial score (nSPS) is 13.5. The van der Waals surface area contributed by atoms with Crippen LogP contribution in [0.2, 0.25) is 0 Å². The summed E-state index contributed by atoms with van der Waals surface area (Å²) in [7, 11) is 0. The SMILES string of the molecule is CC1(C)CCCc2cc3c4ccc(Oc5[c-]c(-n6[c](=[Pt])n(-c7c(-c8ccccc8)cccc7-c7ccccc7)c7ccccc76)ccc5)[c-]c4n(-c4ccccn4)c3cc21. The van der Waals surface area contributed by atoms with E-state index in [0.29, 0.717) is 11.5 Å². The molecule has 5 nitrogen and oxygen atoms in total. The van der Waals surface area contributed by atoms with Crippen LogP contribution >= 0.6 is 0 Å². The van der Waals surface area contributed by atoms with Crippen LogP contribution in [0.4, 0.5) is 0 Å².